The van der Waals surface area contributed by atoms with Crippen LogP contribution in [0.5, 0.6) is 11.5 Å². The maximum Gasteiger partial charge on any atom is 0.256 e. The van der Waals surface area contributed by atoms with Gasteiger partial charge in [-0.3, -0.25) is 14.9 Å². The number of halogens is 1. The summed E-state index contributed by atoms with van der Waals surface area (Å²) < 4.78 is 6.57. The monoisotopic (exact) mass is 444 g/mol. The van der Waals surface area contributed by atoms with Crippen LogP contribution < -0.4 is 15.4 Å². The first-order valence-corrected chi connectivity index (χ1v) is 10.1. The quantitative estimate of drug-likeness (QED) is 0.463. The highest BCUT2D eigenvalue weighted by Crippen LogP contribution is 2.36. The summed E-state index contributed by atoms with van der Waals surface area (Å²) in [6.07, 6.45) is 8.20. The molecule has 1 aromatic rings. The van der Waals surface area contributed by atoms with Gasteiger partial charge in [-0.2, -0.15) is 0 Å². The van der Waals surface area contributed by atoms with Crippen LogP contribution in [0.1, 0.15) is 24.8 Å². The fraction of sp³-hybridized carbons (Fsp3) is 0.333. The van der Waals surface area contributed by atoms with E-state index in [2.05, 4.69) is 26.6 Å². The SMILES string of the molecule is O=C1NC(=O)/C(=C\NCc2ccc(OCC3CC3)c(O)c2)C2CC(Br)=CC=C12. The van der Waals surface area contributed by atoms with Crippen LogP contribution in [0, 0.1) is 11.8 Å². The normalized spacial score (nSPS) is 22.9. The fourth-order valence-electron chi connectivity index (χ4n) is 3.32. The van der Waals surface area contributed by atoms with E-state index in [9.17, 15) is 14.7 Å². The van der Waals surface area contributed by atoms with Gasteiger partial charge in [0, 0.05) is 29.8 Å². The first-order valence-electron chi connectivity index (χ1n) is 9.31. The molecule has 28 heavy (non-hydrogen) atoms. The minimum atomic E-state index is -0.381. The second kappa shape index (κ2) is 7.83. The zero-order valence-corrected chi connectivity index (χ0v) is 16.8. The van der Waals surface area contributed by atoms with Gasteiger partial charge in [0.2, 0.25) is 0 Å². The van der Waals surface area contributed by atoms with E-state index in [1.165, 1.54) is 12.8 Å². The van der Waals surface area contributed by atoms with Gasteiger partial charge in [-0.1, -0.05) is 34.1 Å². The number of hydrogen-bond acceptors (Lipinski definition) is 5. The number of nitrogens with one attached hydrogen (secondary N) is 2. The summed E-state index contributed by atoms with van der Waals surface area (Å²) >= 11 is 3.45. The molecule has 0 bridgehead atoms. The van der Waals surface area contributed by atoms with Crippen LogP contribution in [0.15, 0.2) is 52.2 Å². The van der Waals surface area contributed by atoms with Gasteiger partial charge >= 0.3 is 0 Å². The van der Waals surface area contributed by atoms with Gasteiger partial charge in [0.05, 0.1) is 6.61 Å². The lowest BCUT2D eigenvalue weighted by molar-refractivity contribution is -0.128. The molecule has 6 nitrogen and oxygen atoms in total. The number of allylic oxidation sites excluding steroid dienone is 3. The Balaban J connectivity index is 1.41. The number of hydrogen-bond donors (Lipinski definition) is 3. The van der Waals surface area contributed by atoms with E-state index in [-0.39, 0.29) is 23.5 Å². The molecule has 7 heteroatoms. The number of fused-ring (bicyclic) bond motifs is 1. The maximum atomic E-state index is 12.3. The Labute approximate surface area is 171 Å². The Kier molecular flexibility index (Phi) is 5.26. The Morgan fingerprint density at radius 2 is 2.07 bits per heavy atom. The van der Waals surface area contributed by atoms with Gasteiger partial charge in [0.25, 0.3) is 11.8 Å². The molecule has 0 spiro atoms. The highest BCUT2D eigenvalue weighted by Gasteiger charge is 2.36. The standard InChI is InChI=1S/C21H21BrN2O4/c22-14-4-5-15-16(8-14)17(21(27)24-20(15)26)10-23-9-13-3-6-19(18(25)7-13)28-11-12-1-2-12/h3-7,10,12,16,23,25H,1-2,8-9,11H2,(H,24,26,27)/b17-10-. The lowest BCUT2D eigenvalue weighted by Gasteiger charge is -2.29. The number of imide groups is 1. The van der Waals surface area contributed by atoms with Crippen LogP contribution in [0.4, 0.5) is 0 Å². The number of rotatable bonds is 6. The van der Waals surface area contributed by atoms with Crippen LogP contribution in [0.3, 0.4) is 0 Å². The molecule has 4 rings (SSSR count). The van der Waals surface area contributed by atoms with Gasteiger partial charge < -0.3 is 15.2 Å². The summed E-state index contributed by atoms with van der Waals surface area (Å²) in [7, 11) is 0. The van der Waals surface area contributed by atoms with E-state index in [0.29, 0.717) is 42.4 Å². The topological polar surface area (TPSA) is 87.7 Å². The Hall–Kier alpha value is -2.54. The van der Waals surface area contributed by atoms with E-state index in [1.54, 1.807) is 24.4 Å². The number of aromatic hydroxyl groups is 1. The molecule has 0 aromatic heterocycles. The number of carbonyl (C=O) groups excluding carboxylic acids is 2. The lowest BCUT2D eigenvalue weighted by Crippen LogP contribution is -2.43. The molecule has 1 saturated carbocycles. The number of amides is 2. The average molecular weight is 445 g/mol. The van der Waals surface area contributed by atoms with E-state index in [4.69, 9.17) is 4.74 Å². The van der Waals surface area contributed by atoms with Crippen molar-refractivity contribution in [1.82, 2.24) is 10.6 Å². The molecular formula is C21H21BrN2O4. The number of phenols is 1. The number of carbonyl (C=O) groups is 2. The molecule has 1 atom stereocenters. The summed E-state index contributed by atoms with van der Waals surface area (Å²) in [5.74, 6) is 0.242. The zero-order chi connectivity index (χ0) is 19.7. The molecule has 1 aliphatic heterocycles. The Morgan fingerprint density at radius 1 is 1.25 bits per heavy atom. The molecule has 0 radical (unpaired) electrons. The van der Waals surface area contributed by atoms with Gasteiger partial charge in [-0.25, -0.2) is 0 Å². The second-order valence-electron chi connectivity index (χ2n) is 7.31. The summed E-state index contributed by atoms with van der Waals surface area (Å²) in [5.41, 5.74) is 1.97. The lowest BCUT2D eigenvalue weighted by atomic mass is 9.82. The first kappa shape index (κ1) is 18.8. The first-order chi connectivity index (χ1) is 13.5. The third-order valence-corrected chi connectivity index (χ3v) is 5.69. The molecule has 1 saturated heterocycles. The van der Waals surface area contributed by atoms with Crippen molar-refractivity contribution >= 4 is 27.7 Å². The second-order valence-corrected chi connectivity index (χ2v) is 8.33. The fourth-order valence-corrected chi connectivity index (χ4v) is 3.77. The third kappa shape index (κ3) is 4.14. The molecular weight excluding hydrogens is 424 g/mol. The molecule has 1 aromatic carbocycles. The summed E-state index contributed by atoms with van der Waals surface area (Å²) in [6, 6.07) is 5.30. The van der Waals surface area contributed by atoms with Crippen LogP contribution in [0.25, 0.3) is 0 Å². The predicted octanol–water partition coefficient (Wildman–Crippen LogP) is 3.04. The summed E-state index contributed by atoms with van der Waals surface area (Å²) in [6.45, 7) is 1.08. The highest BCUT2D eigenvalue weighted by atomic mass is 79.9. The Morgan fingerprint density at radius 3 is 2.82 bits per heavy atom. The van der Waals surface area contributed by atoms with Crippen LogP contribution in [-0.2, 0) is 16.1 Å². The number of benzene rings is 1. The molecule has 146 valence electrons. The number of phenolic OH excluding ortho intramolecular Hbond substituents is 1. The van der Waals surface area contributed by atoms with E-state index >= 15 is 0 Å². The number of ether oxygens (including phenoxy) is 1. The van der Waals surface area contributed by atoms with Crippen molar-refractivity contribution in [2.24, 2.45) is 11.8 Å². The van der Waals surface area contributed by atoms with Crippen molar-refractivity contribution in [3.63, 3.8) is 0 Å². The van der Waals surface area contributed by atoms with Gasteiger partial charge in [0.1, 0.15) is 0 Å². The van der Waals surface area contributed by atoms with Crippen molar-refractivity contribution in [3.8, 4) is 11.5 Å². The van der Waals surface area contributed by atoms with Crippen molar-refractivity contribution in [2.75, 3.05) is 6.61 Å². The summed E-state index contributed by atoms with van der Waals surface area (Å²) in [5, 5.41) is 15.6. The van der Waals surface area contributed by atoms with Gasteiger partial charge in [-0.15, -0.1) is 0 Å². The van der Waals surface area contributed by atoms with Crippen LogP contribution in [-0.4, -0.2) is 23.5 Å². The van der Waals surface area contributed by atoms with E-state index in [0.717, 1.165) is 10.0 Å². The highest BCUT2D eigenvalue weighted by molar-refractivity contribution is 9.11. The molecule has 1 unspecified atom stereocenters. The van der Waals surface area contributed by atoms with Crippen molar-refractivity contribution in [2.45, 2.75) is 25.8 Å². The average Bonchev–Trinajstić information content (AvgIpc) is 3.48. The smallest absolute Gasteiger partial charge is 0.256 e. The maximum absolute atomic E-state index is 12.3. The minimum Gasteiger partial charge on any atom is -0.504 e. The van der Waals surface area contributed by atoms with Gasteiger partial charge in [0.15, 0.2) is 11.5 Å². The minimum absolute atomic E-state index is 0.111. The van der Waals surface area contributed by atoms with E-state index < -0.39 is 0 Å². The molecule has 2 fully saturated rings. The van der Waals surface area contributed by atoms with Crippen LogP contribution in [0.2, 0.25) is 0 Å². The van der Waals surface area contributed by atoms with Crippen molar-refractivity contribution < 1.29 is 19.4 Å². The molecule has 2 amide bonds. The largest absolute Gasteiger partial charge is 0.504 e. The molecule has 3 N–H and O–H groups in total. The van der Waals surface area contributed by atoms with Crippen molar-refractivity contribution in [3.05, 3.63) is 57.7 Å². The third-order valence-electron chi connectivity index (χ3n) is 5.10. The van der Waals surface area contributed by atoms with Crippen molar-refractivity contribution in [1.29, 1.82) is 0 Å². The summed E-state index contributed by atoms with van der Waals surface area (Å²) in [4.78, 5) is 24.3. The Bertz CT molecular complexity index is 915. The predicted molar refractivity (Wildman–Crippen MR) is 108 cm³/mol. The van der Waals surface area contributed by atoms with Gasteiger partial charge in [-0.05, 0) is 47.4 Å². The van der Waals surface area contributed by atoms with E-state index in [1.807, 2.05) is 12.1 Å². The number of piperidine rings is 1. The molecule has 3 aliphatic rings. The molecule has 1 heterocycles. The zero-order valence-electron chi connectivity index (χ0n) is 15.2. The van der Waals surface area contributed by atoms with Crippen LogP contribution >= 0.6 is 15.9 Å². The molecule has 2 aliphatic carbocycles.